The van der Waals surface area contributed by atoms with Crippen molar-refractivity contribution >= 4 is 0 Å². The molecule has 3 unspecified atom stereocenters. The third kappa shape index (κ3) is 1.94. The van der Waals surface area contributed by atoms with E-state index in [0.29, 0.717) is 17.4 Å². The van der Waals surface area contributed by atoms with E-state index >= 15 is 0 Å². The highest BCUT2D eigenvalue weighted by Gasteiger charge is 2.50. The summed E-state index contributed by atoms with van der Waals surface area (Å²) in [5.74, 6) is 1.02. The maximum absolute atomic E-state index is 6.11. The molecule has 2 fully saturated rings. The lowest BCUT2D eigenvalue weighted by molar-refractivity contribution is -0.225. The van der Waals surface area contributed by atoms with E-state index in [-0.39, 0.29) is 5.79 Å². The van der Waals surface area contributed by atoms with Crippen LogP contribution in [0.5, 0.6) is 0 Å². The van der Waals surface area contributed by atoms with Gasteiger partial charge >= 0.3 is 0 Å². The maximum atomic E-state index is 6.11. The zero-order valence-corrected chi connectivity index (χ0v) is 10.7. The van der Waals surface area contributed by atoms with Gasteiger partial charge in [0, 0.05) is 0 Å². The van der Waals surface area contributed by atoms with Crippen LogP contribution in [-0.4, -0.2) is 18.5 Å². The summed E-state index contributed by atoms with van der Waals surface area (Å²) in [6.45, 7) is 12.0. The van der Waals surface area contributed by atoms with E-state index in [1.165, 1.54) is 6.42 Å². The highest BCUT2D eigenvalue weighted by molar-refractivity contribution is 4.97. The molecule has 88 valence electrons. The second kappa shape index (κ2) is 3.46. The fourth-order valence-corrected chi connectivity index (χ4v) is 3.18. The summed E-state index contributed by atoms with van der Waals surface area (Å²) in [5.41, 5.74) is 0.397. The van der Waals surface area contributed by atoms with Gasteiger partial charge in [0.25, 0.3) is 0 Å². The van der Waals surface area contributed by atoms with Gasteiger partial charge in [-0.3, -0.25) is 0 Å². The smallest absolute Gasteiger partial charge is 0.163 e. The van der Waals surface area contributed by atoms with Crippen molar-refractivity contribution in [2.75, 3.05) is 6.61 Å². The summed E-state index contributed by atoms with van der Waals surface area (Å²) in [7, 11) is 0. The van der Waals surface area contributed by atoms with E-state index in [2.05, 4.69) is 20.8 Å². The molecule has 1 aliphatic carbocycles. The van der Waals surface area contributed by atoms with Gasteiger partial charge in [-0.25, -0.2) is 0 Å². The number of fused-ring (bicyclic) bond motifs is 1. The normalized spacial score (nSPS) is 43.4. The third-order valence-electron chi connectivity index (χ3n) is 4.57. The maximum Gasteiger partial charge on any atom is 0.163 e. The lowest BCUT2D eigenvalue weighted by Crippen LogP contribution is -2.33. The third-order valence-corrected chi connectivity index (χ3v) is 4.57. The number of hydrogen-bond acceptors (Lipinski definition) is 2. The highest BCUT2D eigenvalue weighted by atomic mass is 16.7. The van der Waals surface area contributed by atoms with Gasteiger partial charge in [-0.1, -0.05) is 20.8 Å². The quantitative estimate of drug-likeness (QED) is 0.614. The van der Waals surface area contributed by atoms with E-state index in [4.69, 9.17) is 9.47 Å². The molecule has 2 heteroatoms. The first-order chi connectivity index (χ1) is 6.83. The summed E-state index contributed by atoms with van der Waals surface area (Å²) >= 11 is 0. The van der Waals surface area contributed by atoms with Crippen molar-refractivity contribution < 1.29 is 9.47 Å². The molecule has 1 saturated heterocycles. The summed E-state index contributed by atoms with van der Waals surface area (Å²) in [6, 6.07) is 0. The van der Waals surface area contributed by atoms with Crippen molar-refractivity contribution in [1.82, 2.24) is 0 Å². The van der Waals surface area contributed by atoms with Gasteiger partial charge in [0.1, 0.15) is 0 Å². The molecule has 0 N–H and O–H groups in total. The lowest BCUT2D eigenvalue weighted by Gasteiger charge is -2.32. The Morgan fingerprint density at radius 3 is 2.47 bits per heavy atom. The molecule has 0 spiro atoms. The SMILES string of the molecule is CC1CC2OC(C)(C)OCCC2C1(C)C. The van der Waals surface area contributed by atoms with Crippen LogP contribution in [0.25, 0.3) is 0 Å². The van der Waals surface area contributed by atoms with E-state index in [9.17, 15) is 0 Å². The topological polar surface area (TPSA) is 18.5 Å². The van der Waals surface area contributed by atoms with Crippen LogP contribution in [0, 0.1) is 17.3 Å². The van der Waals surface area contributed by atoms with Crippen LogP contribution in [0.2, 0.25) is 0 Å². The Labute approximate surface area is 93.3 Å². The van der Waals surface area contributed by atoms with Gasteiger partial charge in [0.2, 0.25) is 0 Å². The first kappa shape index (κ1) is 11.4. The Hall–Kier alpha value is -0.0800. The Morgan fingerprint density at radius 1 is 1.13 bits per heavy atom. The summed E-state index contributed by atoms with van der Waals surface area (Å²) in [5, 5.41) is 0. The molecular weight excluding hydrogens is 188 g/mol. The second-order valence-electron chi connectivity index (χ2n) is 6.26. The molecule has 0 radical (unpaired) electrons. The standard InChI is InChI=1S/C13H24O2/c1-9-8-11-10(12(9,2)3)6-7-14-13(4,5)15-11/h9-11H,6-8H2,1-5H3. The summed E-state index contributed by atoms with van der Waals surface area (Å²) in [6.07, 6.45) is 2.73. The van der Waals surface area contributed by atoms with Crippen LogP contribution >= 0.6 is 0 Å². The Kier molecular flexibility index (Phi) is 2.63. The van der Waals surface area contributed by atoms with E-state index in [0.717, 1.165) is 18.9 Å². The predicted octanol–water partition coefficient (Wildman–Crippen LogP) is 3.21. The molecule has 0 amide bonds. The molecule has 2 rings (SSSR count). The van der Waals surface area contributed by atoms with Crippen LogP contribution in [0.3, 0.4) is 0 Å². The minimum Gasteiger partial charge on any atom is -0.351 e. The monoisotopic (exact) mass is 212 g/mol. The van der Waals surface area contributed by atoms with Crippen LogP contribution in [0.15, 0.2) is 0 Å². The van der Waals surface area contributed by atoms with Gasteiger partial charge in [-0.2, -0.15) is 0 Å². The first-order valence-electron chi connectivity index (χ1n) is 6.15. The van der Waals surface area contributed by atoms with Gasteiger partial charge in [0.05, 0.1) is 12.7 Å². The summed E-state index contributed by atoms with van der Waals surface area (Å²) in [4.78, 5) is 0. The Morgan fingerprint density at radius 2 is 1.80 bits per heavy atom. The minimum atomic E-state index is -0.389. The average molecular weight is 212 g/mol. The van der Waals surface area contributed by atoms with E-state index < -0.39 is 0 Å². The Balaban J connectivity index is 2.19. The minimum absolute atomic E-state index is 0.389. The molecule has 2 nitrogen and oxygen atoms in total. The fourth-order valence-electron chi connectivity index (χ4n) is 3.18. The van der Waals surface area contributed by atoms with Gasteiger partial charge in [-0.05, 0) is 43.9 Å². The lowest BCUT2D eigenvalue weighted by atomic mass is 9.75. The van der Waals surface area contributed by atoms with E-state index in [1.807, 2.05) is 13.8 Å². The number of rotatable bonds is 0. The molecule has 1 saturated carbocycles. The zero-order chi connectivity index (χ0) is 11.3. The van der Waals surface area contributed by atoms with Gasteiger partial charge < -0.3 is 9.47 Å². The van der Waals surface area contributed by atoms with Crippen LogP contribution < -0.4 is 0 Å². The van der Waals surface area contributed by atoms with Crippen molar-refractivity contribution in [3.05, 3.63) is 0 Å². The van der Waals surface area contributed by atoms with Crippen molar-refractivity contribution in [3.63, 3.8) is 0 Å². The molecule has 15 heavy (non-hydrogen) atoms. The van der Waals surface area contributed by atoms with Crippen molar-refractivity contribution in [1.29, 1.82) is 0 Å². The largest absolute Gasteiger partial charge is 0.351 e. The van der Waals surface area contributed by atoms with Crippen molar-refractivity contribution in [3.8, 4) is 0 Å². The van der Waals surface area contributed by atoms with E-state index in [1.54, 1.807) is 0 Å². The van der Waals surface area contributed by atoms with Crippen LogP contribution in [0.4, 0.5) is 0 Å². The Bertz CT molecular complexity index is 245. The van der Waals surface area contributed by atoms with Crippen LogP contribution in [0.1, 0.15) is 47.5 Å². The zero-order valence-electron chi connectivity index (χ0n) is 10.7. The number of ether oxygens (including phenoxy) is 2. The van der Waals surface area contributed by atoms with Gasteiger partial charge in [-0.15, -0.1) is 0 Å². The van der Waals surface area contributed by atoms with Crippen molar-refractivity contribution in [2.45, 2.75) is 59.4 Å². The predicted molar refractivity (Wildman–Crippen MR) is 60.6 cm³/mol. The molecule has 1 aliphatic heterocycles. The summed E-state index contributed by atoms with van der Waals surface area (Å²) < 4.78 is 11.8. The van der Waals surface area contributed by atoms with Gasteiger partial charge in [0.15, 0.2) is 5.79 Å². The highest BCUT2D eigenvalue weighted by Crippen LogP contribution is 2.51. The molecular formula is C13H24O2. The molecule has 1 heterocycles. The molecule has 0 aromatic carbocycles. The van der Waals surface area contributed by atoms with Crippen LogP contribution in [-0.2, 0) is 9.47 Å². The molecule has 2 aliphatic rings. The second-order valence-corrected chi connectivity index (χ2v) is 6.26. The van der Waals surface area contributed by atoms with Crippen molar-refractivity contribution in [2.24, 2.45) is 17.3 Å². The fraction of sp³-hybridized carbons (Fsp3) is 1.00. The molecule has 0 aromatic rings. The first-order valence-corrected chi connectivity index (χ1v) is 6.15. The average Bonchev–Trinajstić information content (AvgIpc) is 2.25. The molecule has 0 aromatic heterocycles. The number of hydrogen-bond donors (Lipinski definition) is 0. The molecule has 3 atom stereocenters. The molecule has 0 bridgehead atoms.